The van der Waals surface area contributed by atoms with E-state index in [0.717, 1.165) is 23.1 Å². The van der Waals surface area contributed by atoms with Crippen LogP contribution in [0.2, 0.25) is 0 Å². The third-order valence-corrected chi connectivity index (χ3v) is 3.47. The highest BCUT2D eigenvalue weighted by molar-refractivity contribution is 5.83. The molecule has 0 saturated carbocycles. The second-order valence-electron chi connectivity index (χ2n) is 5.20. The first-order chi connectivity index (χ1) is 11.6. The first-order valence-corrected chi connectivity index (χ1v) is 6.84. The third kappa shape index (κ3) is 3.16. The van der Waals surface area contributed by atoms with Crippen molar-refractivity contribution in [2.45, 2.75) is 18.5 Å². The standard InChI is InChI=1S/C15H9F6N3O/c16-14(17,18)12-10-3-1-2-4-11(10)24(23-12)9-5-8(6-22-7-9)13(25)15(19,20)21/h1-7,13,25H. The van der Waals surface area contributed by atoms with Gasteiger partial charge in [-0.25, -0.2) is 4.68 Å². The molecule has 0 spiro atoms. The molecule has 10 heteroatoms. The van der Waals surface area contributed by atoms with Gasteiger partial charge in [0.25, 0.3) is 0 Å². The van der Waals surface area contributed by atoms with Crippen LogP contribution in [-0.2, 0) is 6.18 Å². The summed E-state index contributed by atoms with van der Waals surface area (Å²) in [6, 6.07) is 6.33. The largest absolute Gasteiger partial charge is 0.435 e. The highest BCUT2D eigenvalue weighted by Gasteiger charge is 2.40. The minimum Gasteiger partial charge on any atom is -0.379 e. The predicted octanol–water partition coefficient (Wildman–Crippen LogP) is 4.04. The van der Waals surface area contributed by atoms with Crippen molar-refractivity contribution in [2.75, 3.05) is 0 Å². The van der Waals surface area contributed by atoms with Gasteiger partial charge in [-0.05, 0) is 12.1 Å². The van der Waals surface area contributed by atoms with Gasteiger partial charge in [0.2, 0.25) is 0 Å². The number of aromatic nitrogens is 3. The van der Waals surface area contributed by atoms with Crippen molar-refractivity contribution >= 4 is 10.9 Å². The van der Waals surface area contributed by atoms with Crippen LogP contribution in [0, 0.1) is 0 Å². The van der Waals surface area contributed by atoms with E-state index in [9.17, 15) is 31.4 Å². The van der Waals surface area contributed by atoms with Crippen LogP contribution in [0.15, 0.2) is 42.7 Å². The molecule has 0 saturated heterocycles. The Labute approximate surface area is 136 Å². The molecule has 2 aromatic heterocycles. The van der Waals surface area contributed by atoms with E-state index in [-0.39, 0.29) is 16.6 Å². The fraction of sp³-hybridized carbons (Fsp3) is 0.200. The molecule has 1 aromatic carbocycles. The molecule has 0 amide bonds. The first kappa shape index (κ1) is 17.2. The number of fused-ring (bicyclic) bond motifs is 1. The minimum atomic E-state index is -4.93. The Morgan fingerprint density at radius 3 is 2.32 bits per heavy atom. The Balaban J connectivity index is 2.18. The van der Waals surface area contributed by atoms with E-state index in [1.807, 2.05) is 0 Å². The molecule has 1 unspecified atom stereocenters. The van der Waals surface area contributed by atoms with Gasteiger partial charge in [-0.1, -0.05) is 18.2 Å². The van der Waals surface area contributed by atoms with E-state index in [1.165, 1.54) is 24.3 Å². The van der Waals surface area contributed by atoms with Gasteiger partial charge in [0.15, 0.2) is 11.8 Å². The van der Waals surface area contributed by atoms with Gasteiger partial charge in [0.05, 0.1) is 17.4 Å². The summed E-state index contributed by atoms with van der Waals surface area (Å²) in [5, 5.41) is 12.6. The van der Waals surface area contributed by atoms with Gasteiger partial charge < -0.3 is 5.11 Å². The highest BCUT2D eigenvalue weighted by Crippen LogP contribution is 2.36. The summed E-state index contributed by atoms with van der Waals surface area (Å²) in [5.41, 5.74) is -1.84. The zero-order chi connectivity index (χ0) is 18.4. The van der Waals surface area contributed by atoms with E-state index >= 15 is 0 Å². The summed E-state index contributed by atoms with van der Waals surface area (Å²) >= 11 is 0. The van der Waals surface area contributed by atoms with Crippen molar-refractivity contribution in [1.29, 1.82) is 0 Å². The van der Waals surface area contributed by atoms with Crippen LogP contribution in [0.3, 0.4) is 0 Å². The van der Waals surface area contributed by atoms with E-state index in [4.69, 9.17) is 0 Å². The Morgan fingerprint density at radius 1 is 1.00 bits per heavy atom. The van der Waals surface area contributed by atoms with Crippen molar-refractivity contribution < 1.29 is 31.4 Å². The fourth-order valence-electron chi connectivity index (χ4n) is 2.37. The zero-order valence-corrected chi connectivity index (χ0v) is 12.2. The lowest BCUT2D eigenvalue weighted by atomic mass is 10.1. The smallest absolute Gasteiger partial charge is 0.379 e. The molecule has 0 radical (unpaired) electrons. The number of alkyl halides is 6. The minimum absolute atomic E-state index is 0.0512. The predicted molar refractivity (Wildman–Crippen MR) is 74.9 cm³/mol. The fourth-order valence-corrected chi connectivity index (χ4v) is 2.37. The summed E-state index contributed by atoms with van der Waals surface area (Å²) in [6.45, 7) is 0. The molecule has 25 heavy (non-hydrogen) atoms. The number of pyridine rings is 1. The Kier molecular flexibility index (Phi) is 3.94. The number of nitrogens with zero attached hydrogens (tertiary/aromatic N) is 3. The molecule has 132 valence electrons. The van der Waals surface area contributed by atoms with Crippen molar-refractivity contribution in [2.24, 2.45) is 0 Å². The van der Waals surface area contributed by atoms with Crippen LogP contribution >= 0.6 is 0 Å². The molecule has 4 nitrogen and oxygen atoms in total. The maximum Gasteiger partial charge on any atom is 0.435 e. The number of benzene rings is 1. The number of para-hydroxylation sites is 1. The van der Waals surface area contributed by atoms with Crippen molar-refractivity contribution in [1.82, 2.24) is 14.8 Å². The maximum atomic E-state index is 13.1. The molecule has 0 aliphatic heterocycles. The van der Waals surface area contributed by atoms with Crippen LogP contribution in [0.5, 0.6) is 0 Å². The van der Waals surface area contributed by atoms with E-state index < -0.39 is 29.7 Å². The second kappa shape index (κ2) is 5.73. The summed E-state index contributed by atoms with van der Waals surface area (Å²) in [7, 11) is 0. The molecular formula is C15H9F6N3O. The SMILES string of the molecule is OC(c1cncc(-n2nc(C(F)(F)F)c3ccccc32)c1)C(F)(F)F. The molecular weight excluding hydrogens is 352 g/mol. The lowest BCUT2D eigenvalue weighted by Gasteiger charge is -2.15. The first-order valence-electron chi connectivity index (χ1n) is 6.84. The number of halogens is 6. The summed E-state index contributed by atoms with van der Waals surface area (Å²) in [4.78, 5) is 3.57. The van der Waals surface area contributed by atoms with Gasteiger partial charge >= 0.3 is 12.4 Å². The monoisotopic (exact) mass is 361 g/mol. The van der Waals surface area contributed by atoms with E-state index in [0.29, 0.717) is 0 Å². The Morgan fingerprint density at radius 2 is 1.68 bits per heavy atom. The van der Waals surface area contributed by atoms with Crippen LogP contribution in [0.25, 0.3) is 16.6 Å². The number of hydrogen-bond donors (Lipinski definition) is 1. The molecule has 0 aliphatic rings. The van der Waals surface area contributed by atoms with Crippen molar-refractivity contribution in [3.8, 4) is 5.69 Å². The molecule has 2 heterocycles. The van der Waals surface area contributed by atoms with Gasteiger partial charge in [0.1, 0.15) is 0 Å². The number of aliphatic hydroxyl groups is 1. The summed E-state index contributed by atoms with van der Waals surface area (Å²) < 4.78 is 78.1. The average Bonchev–Trinajstić information content (AvgIpc) is 2.93. The highest BCUT2D eigenvalue weighted by atomic mass is 19.4. The van der Waals surface area contributed by atoms with Gasteiger partial charge in [-0.2, -0.15) is 31.4 Å². The van der Waals surface area contributed by atoms with E-state index in [1.54, 1.807) is 0 Å². The van der Waals surface area contributed by atoms with Crippen LogP contribution in [0.1, 0.15) is 17.4 Å². The average molecular weight is 361 g/mol. The lowest BCUT2D eigenvalue weighted by Crippen LogP contribution is -2.20. The van der Waals surface area contributed by atoms with Crippen LogP contribution in [-0.4, -0.2) is 26.0 Å². The molecule has 0 bridgehead atoms. The van der Waals surface area contributed by atoms with Crippen LogP contribution < -0.4 is 0 Å². The second-order valence-corrected chi connectivity index (χ2v) is 5.20. The zero-order valence-electron chi connectivity index (χ0n) is 12.2. The van der Waals surface area contributed by atoms with Gasteiger partial charge in [-0.3, -0.25) is 4.98 Å². The third-order valence-electron chi connectivity index (χ3n) is 3.47. The van der Waals surface area contributed by atoms with Gasteiger partial charge in [0, 0.05) is 17.1 Å². The lowest BCUT2D eigenvalue weighted by molar-refractivity contribution is -0.206. The van der Waals surface area contributed by atoms with Crippen molar-refractivity contribution in [3.05, 3.63) is 54.0 Å². The number of aliphatic hydroxyl groups excluding tert-OH is 1. The molecule has 3 rings (SSSR count). The summed E-state index contributed by atoms with van der Waals surface area (Å²) in [6.07, 6.45) is -10.6. The van der Waals surface area contributed by atoms with E-state index in [2.05, 4.69) is 10.1 Å². The van der Waals surface area contributed by atoms with Crippen molar-refractivity contribution in [3.63, 3.8) is 0 Å². The Hall–Kier alpha value is -2.62. The quantitative estimate of drug-likeness (QED) is 0.701. The number of rotatable bonds is 2. The Bertz CT molecular complexity index is 916. The van der Waals surface area contributed by atoms with Crippen LogP contribution in [0.4, 0.5) is 26.3 Å². The molecule has 1 N–H and O–H groups in total. The molecule has 1 atom stereocenters. The molecule has 3 aromatic rings. The normalized spacial score (nSPS) is 14.0. The molecule has 0 fully saturated rings. The molecule has 0 aliphatic carbocycles. The summed E-state index contributed by atoms with van der Waals surface area (Å²) in [5.74, 6) is 0. The maximum absolute atomic E-state index is 13.1. The van der Waals surface area contributed by atoms with Gasteiger partial charge in [-0.15, -0.1) is 0 Å². The topological polar surface area (TPSA) is 50.9 Å². The number of hydrogen-bond acceptors (Lipinski definition) is 3.